The molecule has 0 aromatic rings. The van der Waals surface area contributed by atoms with Gasteiger partial charge in [-0.2, -0.15) is 0 Å². The number of nitrogens with zero attached hydrogens (tertiary/aromatic N) is 1. The number of rotatable bonds is 8. The maximum Gasteiger partial charge on any atom is 0.234 e. The van der Waals surface area contributed by atoms with Crippen molar-refractivity contribution in [1.29, 1.82) is 0 Å². The zero-order chi connectivity index (χ0) is 13.4. The summed E-state index contributed by atoms with van der Waals surface area (Å²) in [6, 6.07) is 0.722. The van der Waals surface area contributed by atoms with Gasteiger partial charge in [0.05, 0.1) is 13.2 Å². The molecule has 1 aliphatic rings. The molecule has 0 saturated carbocycles. The molecule has 0 bridgehead atoms. The molecular formula is C13H27N3O2. The highest BCUT2D eigenvalue weighted by molar-refractivity contribution is 5.78. The summed E-state index contributed by atoms with van der Waals surface area (Å²) < 4.78 is 5.11. The molecule has 1 unspecified atom stereocenters. The normalized spacial score (nSPS) is 19.7. The minimum Gasteiger partial charge on any atom is -0.383 e. The largest absolute Gasteiger partial charge is 0.383 e. The first-order chi connectivity index (χ1) is 8.61. The van der Waals surface area contributed by atoms with Gasteiger partial charge in [0.15, 0.2) is 0 Å². The average molecular weight is 257 g/mol. The van der Waals surface area contributed by atoms with Crippen LogP contribution in [0.3, 0.4) is 0 Å². The van der Waals surface area contributed by atoms with Crippen LogP contribution in [0, 0.1) is 0 Å². The second-order valence-electron chi connectivity index (χ2n) is 5.24. The van der Waals surface area contributed by atoms with Crippen LogP contribution in [0.25, 0.3) is 0 Å². The van der Waals surface area contributed by atoms with E-state index in [4.69, 9.17) is 4.74 Å². The predicted molar refractivity (Wildman–Crippen MR) is 72.6 cm³/mol. The molecule has 1 aliphatic heterocycles. The second kappa shape index (κ2) is 8.45. The zero-order valence-electron chi connectivity index (χ0n) is 11.9. The van der Waals surface area contributed by atoms with Crippen molar-refractivity contribution >= 4 is 5.91 Å². The quantitative estimate of drug-likeness (QED) is 0.653. The molecule has 1 saturated heterocycles. The van der Waals surface area contributed by atoms with Gasteiger partial charge in [-0.15, -0.1) is 0 Å². The fourth-order valence-electron chi connectivity index (χ4n) is 2.25. The molecule has 106 valence electrons. The van der Waals surface area contributed by atoms with E-state index in [2.05, 4.69) is 15.5 Å². The third kappa shape index (κ3) is 6.33. The predicted octanol–water partition coefficient (Wildman–Crippen LogP) is 0.211. The highest BCUT2D eigenvalue weighted by Crippen LogP contribution is 2.06. The van der Waals surface area contributed by atoms with E-state index in [1.165, 1.54) is 12.8 Å². The van der Waals surface area contributed by atoms with Crippen molar-refractivity contribution in [3.63, 3.8) is 0 Å². The van der Waals surface area contributed by atoms with Crippen molar-refractivity contribution in [2.75, 3.05) is 39.9 Å². The molecule has 1 rings (SSSR count). The van der Waals surface area contributed by atoms with Gasteiger partial charge < -0.3 is 15.4 Å². The number of methoxy groups -OCH3 is 1. The topological polar surface area (TPSA) is 53.6 Å². The Balaban J connectivity index is 2.35. The summed E-state index contributed by atoms with van der Waals surface area (Å²) in [6.45, 7) is 7.92. The van der Waals surface area contributed by atoms with E-state index in [0.29, 0.717) is 19.2 Å². The molecule has 5 nitrogen and oxygen atoms in total. The van der Waals surface area contributed by atoms with Crippen molar-refractivity contribution < 1.29 is 9.53 Å². The molecule has 0 aromatic carbocycles. The Morgan fingerprint density at radius 2 is 2.33 bits per heavy atom. The summed E-state index contributed by atoms with van der Waals surface area (Å²) in [6.07, 6.45) is 2.44. The number of amides is 1. The number of carbonyl (C=O) groups is 1. The van der Waals surface area contributed by atoms with Gasteiger partial charge in [-0.1, -0.05) is 0 Å². The van der Waals surface area contributed by atoms with E-state index >= 15 is 0 Å². The number of hydrogen-bond acceptors (Lipinski definition) is 4. The van der Waals surface area contributed by atoms with Crippen LogP contribution in [-0.2, 0) is 9.53 Å². The maximum absolute atomic E-state index is 11.8. The summed E-state index contributed by atoms with van der Waals surface area (Å²) in [5.74, 6) is 0.0964. The number of carbonyl (C=O) groups excluding carboxylic acids is 1. The Morgan fingerprint density at radius 1 is 1.56 bits per heavy atom. The molecule has 5 heteroatoms. The molecule has 1 fully saturated rings. The van der Waals surface area contributed by atoms with E-state index in [-0.39, 0.29) is 11.9 Å². The molecule has 18 heavy (non-hydrogen) atoms. The van der Waals surface area contributed by atoms with Crippen molar-refractivity contribution in [3.05, 3.63) is 0 Å². The SMILES string of the molecule is COCCN(CC(=O)NC(C)C)CC1CCCN1. The van der Waals surface area contributed by atoms with E-state index in [0.717, 1.165) is 19.6 Å². The van der Waals surface area contributed by atoms with Crippen LogP contribution in [-0.4, -0.2) is 62.8 Å². The number of hydrogen-bond donors (Lipinski definition) is 2. The first-order valence-corrected chi connectivity index (χ1v) is 6.86. The van der Waals surface area contributed by atoms with E-state index in [1.807, 2.05) is 13.8 Å². The summed E-state index contributed by atoms with van der Waals surface area (Å²) in [7, 11) is 1.69. The van der Waals surface area contributed by atoms with Crippen LogP contribution in [0.15, 0.2) is 0 Å². The lowest BCUT2D eigenvalue weighted by Gasteiger charge is -2.25. The lowest BCUT2D eigenvalue weighted by molar-refractivity contribution is -0.122. The van der Waals surface area contributed by atoms with Crippen LogP contribution in [0.4, 0.5) is 0 Å². The summed E-state index contributed by atoms with van der Waals surface area (Å²) in [5.41, 5.74) is 0. The number of nitrogens with one attached hydrogen (secondary N) is 2. The fraction of sp³-hybridized carbons (Fsp3) is 0.923. The lowest BCUT2D eigenvalue weighted by Crippen LogP contribution is -2.45. The van der Waals surface area contributed by atoms with Gasteiger partial charge in [-0.25, -0.2) is 0 Å². The fourth-order valence-corrected chi connectivity index (χ4v) is 2.25. The van der Waals surface area contributed by atoms with Crippen molar-refractivity contribution in [2.45, 2.75) is 38.8 Å². The lowest BCUT2D eigenvalue weighted by atomic mass is 10.2. The first-order valence-electron chi connectivity index (χ1n) is 6.86. The third-order valence-electron chi connectivity index (χ3n) is 3.07. The van der Waals surface area contributed by atoms with Crippen molar-refractivity contribution in [1.82, 2.24) is 15.5 Å². The maximum atomic E-state index is 11.8. The molecule has 0 aliphatic carbocycles. The first kappa shape index (κ1) is 15.4. The summed E-state index contributed by atoms with van der Waals surface area (Å²) in [5, 5.41) is 6.40. The Hall–Kier alpha value is -0.650. The summed E-state index contributed by atoms with van der Waals surface area (Å²) in [4.78, 5) is 14.0. The van der Waals surface area contributed by atoms with Crippen LogP contribution < -0.4 is 10.6 Å². The summed E-state index contributed by atoms with van der Waals surface area (Å²) >= 11 is 0. The van der Waals surface area contributed by atoms with Gasteiger partial charge >= 0.3 is 0 Å². The third-order valence-corrected chi connectivity index (χ3v) is 3.07. The Kier molecular flexibility index (Phi) is 7.23. The Bertz CT molecular complexity index is 240. The molecule has 0 radical (unpaired) electrons. The minimum absolute atomic E-state index is 0.0964. The van der Waals surface area contributed by atoms with Gasteiger partial charge in [0, 0.05) is 32.3 Å². The second-order valence-corrected chi connectivity index (χ2v) is 5.24. The number of ether oxygens (including phenoxy) is 1. The molecule has 0 spiro atoms. The van der Waals surface area contributed by atoms with Crippen LogP contribution in [0.5, 0.6) is 0 Å². The standard InChI is InChI=1S/C13H27N3O2/c1-11(2)15-13(17)10-16(7-8-18-3)9-12-5-4-6-14-12/h11-12,14H,4-10H2,1-3H3,(H,15,17). The Morgan fingerprint density at radius 3 is 2.89 bits per heavy atom. The molecule has 1 atom stereocenters. The van der Waals surface area contributed by atoms with Crippen LogP contribution in [0.1, 0.15) is 26.7 Å². The van der Waals surface area contributed by atoms with Gasteiger partial charge in [-0.05, 0) is 33.2 Å². The van der Waals surface area contributed by atoms with Crippen LogP contribution >= 0.6 is 0 Å². The smallest absolute Gasteiger partial charge is 0.234 e. The van der Waals surface area contributed by atoms with E-state index in [1.54, 1.807) is 7.11 Å². The van der Waals surface area contributed by atoms with Crippen molar-refractivity contribution in [2.24, 2.45) is 0 Å². The monoisotopic (exact) mass is 257 g/mol. The van der Waals surface area contributed by atoms with E-state index < -0.39 is 0 Å². The molecule has 1 amide bonds. The van der Waals surface area contributed by atoms with E-state index in [9.17, 15) is 4.79 Å². The highest BCUT2D eigenvalue weighted by atomic mass is 16.5. The van der Waals surface area contributed by atoms with Gasteiger partial charge in [0.2, 0.25) is 5.91 Å². The molecular weight excluding hydrogens is 230 g/mol. The molecule has 1 heterocycles. The average Bonchev–Trinajstić information content (AvgIpc) is 2.77. The molecule has 0 aromatic heterocycles. The van der Waals surface area contributed by atoms with Gasteiger partial charge in [0.25, 0.3) is 0 Å². The van der Waals surface area contributed by atoms with Crippen molar-refractivity contribution in [3.8, 4) is 0 Å². The van der Waals surface area contributed by atoms with Crippen LogP contribution in [0.2, 0.25) is 0 Å². The highest BCUT2D eigenvalue weighted by Gasteiger charge is 2.19. The zero-order valence-corrected chi connectivity index (χ0v) is 11.9. The van der Waals surface area contributed by atoms with Gasteiger partial charge in [-0.3, -0.25) is 9.69 Å². The van der Waals surface area contributed by atoms with Gasteiger partial charge in [0.1, 0.15) is 0 Å². The molecule has 2 N–H and O–H groups in total. The Labute approximate surface area is 110 Å². The minimum atomic E-state index is 0.0964.